The number of hydrogen-bond donors (Lipinski definition) is 0. The summed E-state index contributed by atoms with van der Waals surface area (Å²) < 4.78 is 43.0. The minimum absolute atomic E-state index is 0.00664. The topological polar surface area (TPSA) is 43.6 Å². The van der Waals surface area contributed by atoms with Crippen LogP contribution in [0.3, 0.4) is 0 Å². The van der Waals surface area contributed by atoms with Crippen LogP contribution < -0.4 is 0 Å². The Morgan fingerprint density at radius 3 is 1.59 bits per heavy atom. The standard InChI is InChI=1S/C59H36N4S/c1-3-16-37(17-4-1)44-26-15-27-49-51-35-42(63-53-28-13-11-24-47(53)48-25-12-14-29-54(48)63)36-52(56(51)64-55(44)49)59-61-57(39-18-5-2-6-19-39)60-58(62-59)40-32-30-38(31-33-40)50-34-41-20-7-8-21-43(41)45-22-9-10-23-46(45)50/h1-36H/i30D,31D,32D,33D. The molecule has 13 aromatic rings. The summed E-state index contributed by atoms with van der Waals surface area (Å²) in [5, 5.41) is 8.24. The summed E-state index contributed by atoms with van der Waals surface area (Å²) in [6.07, 6.45) is 0. The summed E-state index contributed by atoms with van der Waals surface area (Å²) >= 11 is 1.69. The molecule has 0 aliphatic heterocycles. The fourth-order valence-corrected chi connectivity index (χ4v) is 10.7. The Balaban J connectivity index is 1.10. The zero-order valence-corrected chi connectivity index (χ0v) is 35.0. The quantitative estimate of drug-likeness (QED) is 0.157. The van der Waals surface area contributed by atoms with Gasteiger partial charge >= 0.3 is 0 Å². The average Bonchev–Trinajstić information content (AvgIpc) is 3.94. The molecule has 0 aliphatic carbocycles. The van der Waals surface area contributed by atoms with Gasteiger partial charge in [0, 0.05) is 53.3 Å². The Morgan fingerprint density at radius 2 is 0.875 bits per heavy atom. The van der Waals surface area contributed by atoms with Gasteiger partial charge in [0.1, 0.15) is 0 Å². The lowest BCUT2D eigenvalue weighted by atomic mass is 9.93. The van der Waals surface area contributed by atoms with Gasteiger partial charge in [0.25, 0.3) is 0 Å². The number of benzene rings is 10. The summed E-state index contributed by atoms with van der Waals surface area (Å²) in [5.41, 5.74) is 7.64. The van der Waals surface area contributed by atoms with Gasteiger partial charge in [-0.2, -0.15) is 0 Å². The van der Waals surface area contributed by atoms with Crippen molar-refractivity contribution in [2.45, 2.75) is 0 Å². The van der Waals surface area contributed by atoms with Crippen LogP contribution in [0.1, 0.15) is 5.48 Å². The predicted octanol–water partition coefficient (Wildman–Crippen LogP) is 16.0. The molecule has 0 aliphatic rings. The third-order valence-electron chi connectivity index (χ3n) is 12.3. The first-order chi connectivity index (χ1) is 33.4. The van der Waals surface area contributed by atoms with E-state index >= 15 is 0 Å². The van der Waals surface area contributed by atoms with Gasteiger partial charge < -0.3 is 4.57 Å². The summed E-state index contributed by atoms with van der Waals surface area (Å²) in [5.74, 6) is 0.770. The number of nitrogens with zero attached hydrogens (tertiary/aromatic N) is 4. The number of hydrogen-bond acceptors (Lipinski definition) is 4. The van der Waals surface area contributed by atoms with Crippen molar-refractivity contribution in [3.05, 3.63) is 218 Å². The average molecular weight is 837 g/mol. The number of rotatable bonds is 6. The minimum Gasteiger partial charge on any atom is -0.309 e. The van der Waals surface area contributed by atoms with Gasteiger partial charge in [0.2, 0.25) is 0 Å². The molecule has 0 radical (unpaired) electrons. The number of aromatic nitrogens is 4. The van der Waals surface area contributed by atoms with E-state index in [-0.39, 0.29) is 41.1 Å². The Kier molecular flexibility index (Phi) is 7.45. The molecule has 0 saturated carbocycles. The van der Waals surface area contributed by atoms with Gasteiger partial charge in [0.15, 0.2) is 17.5 Å². The molecule has 5 heteroatoms. The fourth-order valence-electron chi connectivity index (χ4n) is 9.37. The molecule has 4 nitrogen and oxygen atoms in total. The highest BCUT2D eigenvalue weighted by Gasteiger charge is 2.22. The summed E-state index contributed by atoms with van der Waals surface area (Å²) in [6.45, 7) is 0. The SMILES string of the molecule is [2H]c1c([2H])c(-c2cc3ccccc3c3ccccc23)c([2H])c([2H])c1-c1nc(-c2ccccc2)nc(-c2cc(-n3c4ccccc4c4ccccc43)cc3c2sc2c(-c4ccccc4)cccc23)n1. The predicted molar refractivity (Wildman–Crippen MR) is 269 cm³/mol. The van der Waals surface area contributed by atoms with Crippen molar-refractivity contribution < 1.29 is 5.48 Å². The molecule has 0 saturated heterocycles. The first-order valence-electron chi connectivity index (χ1n) is 23.3. The van der Waals surface area contributed by atoms with Gasteiger partial charge in [-0.1, -0.05) is 188 Å². The van der Waals surface area contributed by atoms with Crippen molar-refractivity contribution in [1.29, 1.82) is 0 Å². The molecule has 298 valence electrons. The molecule has 0 fully saturated rings. The van der Waals surface area contributed by atoms with E-state index in [4.69, 9.17) is 15.0 Å². The summed E-state index contributed by atoms with van der Waals surface area (Å²) in [6, 6.07) is 65.0. The van der Waals surface area contributed by atoms with Crippen LogP contribution in [0.5, 0.6) is 0 Å². The Hall–Kier alpha value is -8.25. The van der Waals surface area contributed by atoms with Gasteiger partial charge in [0.05, 0.1) is 16.5 Å². The van der Waals surface area contributed by atoms with Gasteiger partial charge in [-0.05, 0) is 74.1 Å². The molecule has 0 amide bonds. The van der Waals surface area contributed by atoms with E-state index in [2.05, 4.69) is 114 Å². The van der Waals surface area contributed by atoms with Crippen LogP contribution in [0.25, 0.3) is 126 Å². The molecule has 13 rings (SSSR count). The van der Waals surface area contributed by atoms with Gasteiger partial charge in [-0.3, -0.25) is 0 Å². The summed E-state index contributed by atoms with van der Waals surface area (Å²) in [4.78, 5) is 15.4. The lowest BCUT2D eigenvalue weighted by Gasteiger charge is -2.14. The monoisotopic (exact) mass is 836 g/mol. The van der Waals surface area contributed by atoms with Crippen LogP contribution in [0.2, 0.25) is 0 Å². The van der Waals surface area contributed by atoms with Crippen molar-refractivity contribution >= 4 is 74.9 Å². The molecule has 0 unspecified atom stereocenters. The van der Waals surface area contributed by atoms with Crippen LogP contribution in [0.4, 0.5) is 0 Å². The van der Waals surface area contributed by atoms with Crippen LogP contribution in [0, 0.1) is 0 Å². The molecular weight excluding hydrogens is 797 g/mol. The molecule has 0 bridgehead atoms. The highest BCUT2D eigenvalue weighted by atomic mass is 32.1. The van der Waals surface area contributed by atoms with E-state index in [1.165, 1.54) is 0 Å². The van der Waals surface area contributed by atoms with E-state index in [0.717, 1.165) is 91.5 Å². The lowest BCUT2D eigenvalue weighted by molar-refractivity contribution is 1.07. The van der Waals surface area contributed by atoms with Crippen molar-refractivity contribution in [3.8, 4) is 62.1 Å². The third-order valence-corrected chi connectivity index (χ3v) is 13.6. The molecule has 0 N–H and O–H groups in total. The third kappa shape index (κ3) is 5.86. The second-order valence-electron chi connectivity index (χ2n) is 16.0. The first kappa shape index (κ1) is 32.5. The van der Waals surface area contributed by atoms with Gasteiger partial charge in [-0.15, -0.1) is 11.3 Å². The molecule has 64 heavy (non-hydrogen) atoms. The summed E-state index contributed by atoms with van der Waals surface area (Å²) in [7, 11) is 0. The molecular formula is C59H36N4S. The molecule has 0 spiro atoms. The second-order valence-corrected chi connectivity index (χ2v) is 17.0. The zero-order chi connectivity index (χ0) is 45.6. The van der Waals surface area contributed by atoms with Crippen molar-refractivity contribution in [3.63, 3.8) is 0 Å². The van der Waals surface area contributed by atoms with Crippen LogP contribution in [-0.2, 0) is 0 Å². The Bertz CT molecular complexity index is 4120. The van der Waals surface area contributed by atoms with Crippen molar-refractivity contribution in [2.24, 2.45) is 0 Å². The zero-order valence-electron chi connectivity index (χ0n) is 38.2. The Morgan fingerprint density at radius 1 is 0.344 bits per heavy atom. The van der Waals surface area contributed by atoms with E-state index in [1.54, 1.807) is 11.3 Å². The highest BCUT2D eigenvalue weighted by Crippen LogP contribution is 2.46. The maximum atomic E-state index is 9.68. The number of para-hydroxylation sites is 2. The Labute approximate surface area is 378 Å². The van der Waals surface area contributed by atoms with Crippen molar-refractivity contribution in [2.75, 3.05) is 0 Å². The fraction of sp³-hybridized carbons (Fsp3) is 0. The molecule has 3 aromatic heterocycles. The molecule has 0 atom stereocenters. The second kappa shape index (κ2) is 14.7. The van der Waals surface area contributed by atoms with Crippen LogP contribution in [-0.4, -0.2) is 19.5 Å². The van der Waals surface area contributed by atoms with E-state index in [9.17, 15) is 5.48 Å². The van der Waals surface area contributed by atoms with Gasteiger partial charge in [-0.25, -0.2) is 15.0 Å². The van der Waals surface area contributed by atoms with Crippen LogP contribution >= 0.6 is 11.3 Å². The number of fused-ring (bicyclic) bond motifs is 9. The maximum Gasteiger partial charge on any atom is 0.165 e. The largest absolute Gasteiger partial charge is 0.309 e. The minimum atomic E-state index is -0.229. The molecule has 3 heterocycles. The lowest BCUT2D eigenvalue weighted by Crippen LogP contribution is -2.01. The van der Waals surface area contributed by atoms with E-state index < -0.39 is 0 Å². The first-order valence-corrected chi connectivity index (χ1v) is 22.1. The van der Waals surface area contributed by atoms with E-state index in [1.807, 2.05) is 84.9 Å². The normalized spacial score (nSPS) is 12.6. The number of thiophene rings is 1. The highest BCUT2D eigenvalue weighted by molar-refractivity contribution is 7.26. The van der Waals surface area contributed by atoms with Crippen molar-refractivity contribution in [1.82, 2.24) is 19.5 Å². The maximum absolute atomic E-state index is 9.68. The van der Waals surface area contributed by atoms with E-state index in [0.29, 0.717) is 17.2 Å². The van der Waals surface area contributed by atoms with Crippen LogP contribution in [0.15, 0.2) is 218 Å². The smallest absolute Gasteiger partial charge is 0.165 e. The molecule has 10 aromatic carbocycles.